The number of rotatable bonds is 7. The Morgan fingerprint density at radius 2 is 2.04 bits per heavy atom. The normalized spacial score (nSPS) is 16.4. The zero-order chi connectivity index (χ0) is 15.9. The fraction of sp³-hybridized carbons (Fsp3) is 0.643. The van der Waals surface area contributed by atoms with Gasteiger partial charge in [-0.2, -0.15) is 0 Å². The quantitative estimate of drug-likeness (QED) is 0.584. The van der Waals surface area contributed by atoms with Crippen LogP contribution in [0.5, 0.6) is 0 Å². The average Bonchev–Trinajstić information content (AvgIpc) is 2.92. The van der Waals surface area contributed by atoms with Gasteiger partial charge in [-0.3, -0.25) is 9.69 Å². The van der Waals surface area contributed by atoms with Gasteiger partial charge in [0.15, 0.2) is 0 Å². The van der Waals surface area contributed by atoms with Crippen molar-refractivity contribution in [3.05, 3.63) is 11.1 Å². The maximum Gasteiger partial charge on any atom is 0.304 e. The molecule has 9 heteroatoms. The van der Waals surface area contributed by atoms with Crippen molar-refractivity contribution in [3.8, 4) is 0 Å². The summed E-state index contributed by atoms with van der Waals surface area (Å²) in [6, 6.07) is 0. The van der Waals surface area contributed by atoms with Gasteiger partial charge < -0.3 is 14.9 Å². The van der Waals surface area contributed by atoms with E-state index in [1.54, 1.807) is 17.7 Å². The molecule has 0 amide bonds. The number of hydrogen-bond donors (Lipinski definition) is 1. The molecule has 7 nitrogen and oxygen atoms in total. The standard InChI is InChI=1S/C14H23N5O2S.ClH/c1-17(2)11-15-14-16-12(10-22-14)9-19-7-5-18(6-8-19)4-3-13(20)21;/h10-11H,3-9H2,1-2H3,(H,20,21);1H. The lowest BCUT2D eigenvalue weighted by Gasteiger charge is -2.33. The molecule has 130 valence electrons. The van der Waals surface area contributed by atoms with Crippen LogP contribution in [-0.2, 0) is 11.3 Å². The molecule has 1 aliphatic heterocycles. The summed E-state index contributed by atoms with van der Waals surface area (Å²) in [5.41, 5.74) is 1.05. The smallest absolute Gasteiger partial charge is 0.304 e. The molecule has 1 aliphatic rings. The van der Waals surface area contributed by atoms with E-state index in [1.807, 2.05) is 19.0 Å². The van der Waals surface area contributed by atoms with Crippen LogP contribution in [0.15, 0.2) is 10.4 Å². The van der Waals surface area contributed by atoms with E-state index in [4.69, 9.17) is 5.11 Å². The molecule has 0 radical (unpaired) electrons. The van der Waals surface area contributed by atoms with Crippen LogP contribution in [0, 0.1) is 0 Å². The molecular formula is C14H24ClN5O2S. The highest BCUT2D eigenvalue weighted by Crippen LogP contribution is 2.19. The van der Waals surface area contributed by atoms with Crippen molar-refractivity contribution in [2.45, 2.75) is 13.0 Å². The van der Waals surface area contributed by atoms with Crippen molar-refractivity contribution < 1.29 is 9.90 Å². The van der Waals surface area contributed by atoms with Crippen LogP contribution in [0.2, 0.25) is 0 Å². The Balaban J connectivity index is 0.00000264. The summed E-state index contributed by atoms with van der Waals surface area (Å²) in [5, 5.41) is 11.5. The van der Waals surface area contributed by atoms with Crippen LogP contribution in [0.3, 0.4) is 0 Å². The molecule has 1 fully saturated rings. The first-order valence-electron chi connectivity index (χ1n) is 7.34. The largest absolute Gasteiger partial charge is 0.481 e. The molecule has 2 rings (SSSR count). The number of halogens is 1. The lowest BCUT2D eigenvalue weighted by molar-refractivity contribution is -0.137. The van der Waals surface area contributed by atoms with Crippen molar-refractivity contribution in [1.82, 2.24) is 19.7 Å². The minimum absolute atomic E-state index is 0. The predicted molar refractivity (Wildman–Crippen MR) is 95.2 cm³/mol. The molecule has 1 aromatic heterocycles. The number of piperazine rings is 1. The number of thiazole rings is 1. The third-order valence-corrected chi connectivity index (χ3v) is 4.23. The second-order valence-corrected chi connectivity index (χ2v) is 6.43. The van der Waals surface area contributed by atoms with E-state index < -0.39 is 5.97 Å². The third kappa shape index (κ3) is 7.26. The van der Waals surface area contributed by atoms with E-state index in [1.165, 1.54) is 0 Å². The Morgan fingerprint density at radius 3 is 2.65 bits per heavy atom. The van der Waals surface area contributed by atoms with Gasteiger partial charge in [-0.25, -0.2) is 9.98 Å². The fourth-order valence-electron chi connectivity index (χ4n) is 2.25. The first-order valence-corrected chi connectivity index (χ1v) is 8.22. The Labute approximate surface area is 147 Å². The molecule has 1 N–H and O–H groups in total. The zero-order valence-corrected chi connectivity index (χ0v) is 15.1. The van der Waals surface area contributed by atoms with Gasteiger partial charge in [-0.15, -0.1) is 23.7 Å². The molecule has 0 aromatic carbocycles. The molecule has 0 unspecified atom stereocenters. The summed E-state index contributed by atoms with van der Waals surface area (Å²) >= 11 is 1.55. The Kier molecular flexibility index (Phi) is 8.46. The van der Waals surface area contributed by atoms with Gasteiger partial charge in [0.25, 0.3) is 0 Å². The lowest BCUT2D eigenvalue weighted by Crippen LogP contribution is -2.46. The van der Waals surface area contributed by atoms with Crippen molar-refractivity contribution in [1.29, 1.82) is 0 Å². The zero-order valence-electron chi connectivity index (χ0n) is 13.5. The van der Waals surface area contributed by atoms with Gasteiger partial charge in [0.05, 0.1) is 18.5 Å². The second-order valence-electron chi connectivity index (χ2n) is 5.59. The van der Waals surface area contributed by atoms with Crippen molar-refractivity contribution in [3.63, 3.8) is 0 Å². The van der Waals surface area contributed by atoms with Gasteiger partial charge in [-0.1, -0.05) is 0 Å². The highest BCUT2D eigenvalue weighted by molar-refractivity contribution is 7.13. The summed E-state index contributed by atoms with van der Waals surface area (Å²) in [7, 11) is 3.86. The van der Waals surface area contributed by atoms with Gasteiger partial charge >= 0.3 is 5.97 Å². The highest BCUT2D eigenvalue weighted by Gasteiger charge is 2.18. The maximum absolute atomic E-state index is 10.6. The topological polar surface area (TPSA) is 72.3 Å². The van der Waals surface area contributed by atoms with Crippen LogP contribution in [0.1, 0.15) is 12.1 Å². The molecular weight excluding hydrogens is 338 g/mol. The van der Waals surface area contributed by atoms with E-state index in [0.717, 1.165) is 43.5 Å². The Bertz CT molecular complexity index is 515. The molecule has 0 bridgehead atoms. The highest BCUT2D eigenvalue weighted by atomic mass is 35.5. The van der Waals surface area contributed by atoms with Crippen LogP contribution in [-0.4, -0.2) is 83.9 Å². The first kappa shape index (κ1) is 19.8. The second kappa shape index (κ2) is 9.82. The fourth-order valence-corrected chi connectivity index (χ4v) is 2.89. The summed E-state index contributed by atoms with van der Waals surface area (Å²) in [6.45, 7) is 5.22. The minimum atomic E-state index is -0.726. The predicted octanol–water partition coefficient (Wildman–Crippen LogP) is 1.38. The average molecular weight is 362 g/mol. The van der Waals surface area contributed by atoms with Gasteiger partial charge in [0, 0.05) is 58.7 Å². The first-order chi connectivity index (χ1) is 10.5. The number of aromatic nitrogens is 1. The van der Waals surface area contributed by atoms with Crippen LogP contribution in [0.25, 0.3) is 0 Å². The Hall–Kier alpha value is -1.22. The third-order valence-electron chi connectivity index (χ3n) is 3.43. The molecule has 0 aliphatic carbocycles. The molecule has 23 heavy (non-hydrogen) atoms. The van der Waals surface area contributed by atoms with E-state index in [-0.39, 0.29) is 18.8 Å². The van der Waals surface area contributed by atoms with Gasteiger partial charge in [0.2, 0.25) is 5.13 Å². The van der Waals surface area contributed by atoms with E-state index >= 15 is 0 Å². The summed E-state index contributed by atoms with van der Waals surface area (Å²) < 4.78 is 0. The van der Waals surface area contributed by atoms with Crippen LogP contribution in [0.4, 0.5) is 5.13 Å². The molecule has 0 spiro atoms. The van der Waals surface area contributed by atoms with Crippen molar-refractivity contribution >= 4 is 41.2 Å². The number of carbonyl (C=O) groups is 1. The van der Waals surface area contributed by atoms with Crippen LogP contribution >= 0.6 is 23.7 Å². The number of hydrogen-bond acceptors (Lipinski definition) is 6. The van der Waals surface area contributed by atoms with Crippen LogP contribution < -0.4 is 0 Å². The van der Waals surface area contributed by atoms with E-state index in [0.29, 0.717) is 6.54 Å². The SMILES string of the molecule is CN(C)C=Nc1nc(CN2CCN(CCC(=O)O)CC2)cs1.Cl. The Morgan fingerprint density at radius 1 is 1.39 bits per heavy atom. The lowest BCUT2D eigenvalue weighted by atomic mass is 10.2. The maximum atomic E-state index is 10.6. The number of carboxylic acid groups (broad SMARTS) is 1. The summed E-state index contributed by atoms with van der Waals surface area (Å²) in [4.78, 5) is 25.8. The van der Waals surface area contributed by atoms with Crippen molar-refractivity contribution in [2.24, 2.45) is 4.99 Å². The van der Waals surface area contributed by atoms with E-state index in [2.05, 4.69) is 25.2 Å². The number of aliphatic imine (C=N–C) groups is 1. The number of nitrogens with zero attached hydrogens (tertiary/aromatic N) is 5. The molecule has 1 aromatic rings. The van der Waals surface area contributed by atoms with Gasteiger partial charge in [0.1, 0.15) is 0 Å². The molecule has 0 saturated carbocycles. The van der Waals surface area contributed by atoms with Crippen molar-refractivity contribution in [2.75, 3.05) is 46.8 Å². The molecule has 1 saturated heterocycles. The number of carboxylic acids is 1. The summed E-state index contributed by atoms with van der Waals surface area (Å²) in [6.07, 6.45) is 1.98. The van der Waals surface area contributed by atoms with Gasteiger partial charge in [-0.05, 0) is 0 Å². The van der Waals surface area contributed by atoms with E-state index in [9.17, 15) is 4.79 Å². The molecule has 0 atom stereocenters. The monoisotopic (exact) mass is 361 g/mol. The number of aliphatic carboxylic acids is 1. The summed E-state index contributed by atoms with van der Waals surface area (Å²) in [5.74, 6) is -0.726. The minimum Gasteiger partial charge on any atom is -0.481 e. The molecule has 2 heterocycles.